The highest BCUT2D eigenvalue weighted by Gasteiger charge is 2.18. The quantitative estimate of drug-likeness (QED) is 0.554. The lowest BCUT2D eigenvalue weighted by molar-refractivity contribution is -0.122. The maximum Gasteiger partial charge on any atom is 0.265 e. The largest absolute Gasteiger partial charge is 0.481 e. The van der Waals surface area contributed by atoms with Crippen LogP contribution in [0.4, 0.5) is 11.4 Å². The molecule has 0 aliphatic rings. The first kappa shape index (κ1) is 22.4. The lowest BCUT2D eigenvalue weighted by atomic mass is 10.1. The molecule has 0 heterocycles. The van der Waals surface area contributed by atoms with Crippen LogP contribution >= 0.6 is 0 Å². The van der Waals surface area contributed by atoms with Crippen LogP contribution in [0.5, 0.6) is 5.75 Å². The summed E-state index contributed by atoms with van der Waals surface area (Å²) in [6, 6.07) is 18.9. The zero-order chi connectivity index (χ0) is 22.6. The molecule has 3 rings (SSSR count). The number of rotatable bonds is 7. The van der Waals surface area contributed by atoms with E-state index in [1.54, 1.807) is 37.3 Å². The third kappa shape index (κ3) is 5.86. The summed E-state index contributed by atoms with van der Waals surface area (Å²) in [7, 11) is -3.73. The summed E-state index contributed by atoms with van der Waals surface area (Å²) in [5.74, 6) is 0.334. The van der Waals surface area contributed by atoms with Crippen molar-refractivity contribution in [2.75, 3.05) is 10.0 Å². The van der Waals surface area contributed by atoms with Crippen LogP contribution in [0.2, 0.25) is 0 Å². The summed E-state index contributed by atoms with van der Waals surface area (Å²) in [5, 5.41) is 2.75. The minimum atomic E-state index is -3.73. The second kappa shape index (κ2) is 9.22. The van der Waals surface area contributed by atoms with Crippen LogP contribution in [0.1, 0.15) is 23.6 Å². The van der Waals surface area contributed by atoms with E-state index in [0.717, 1.165) is 16.7 Å². The smallest absolute Gasteiger partial charge is 0.265 e. The van der Waals surface area contributed by atoms with E-state index in [1.807, 2.05) is 45.0 Å². The van der Waals surface area contributed by atoms with Crippen LogP contribution in [-0.4, -0.2) is 20.4 Å². The third-order valence-corrected chi connectivity index (χ3v) is 6.12. The van der Waals surface area contributed by atoms with Gasteiger partial charge in [-0.05, 0) is 86.8 Å². The lowest BCUT2D eigenvalue weighted by Gasteiger charge is -2.17. The van der Waals surface area contributed by atoms with Gasteiger partial charge in [-0.1, -0.05) is 24.3 Å². The topological polar surface area (TPSA) is 84.5 Å². The molecule has 1 atom stereocenters. The Morgan fingerprint density at radius 3 is 2.23 bits per heavy atom. The molecule has 0 saturated heterocycles. The maximum absolute atomic E-state index is 12.6. The molecular formula is C24H26N2O4S. The van der Waals surface area contributed by atoms with Gasteiger partial charge in [0, 0.05) is 11.4 Å². The number of aryl methyl sites for hydroxylation is 3. The number of nitrogens with one attached hydrogen (secondary N) is 2. The van der Waals surface area contributed by atoms with Gasteiger partial charge in [-0.25, -0.2) is 8.42 Å². The predicted octanol–water partition coefficient (Wildman–Crippen LogP) is 4.82. The van der Waals surface area contributed by atoms with Crippen molar-refractivity contribution in [3.63, 3.8) is 0 Å². The Labute approximate surface area is 183 Å². The van der Waals surface area contributed by atoms with Crippen molar-refractivity contribution in [1.29, 1.82) is 0 Å². The molecule has 0 aliphatic heterocycles. The zero-order valence-corrected chi connectivity index (χ0v) is 18.8. The van der Waals surface area contributed by atoms with E-state index in [1.165, 1.54) is 12.1 Å². The Morgan fingerprint density at radius 1 is 0.871 bits per heavy atom. The highest BCUT2D eigenvalue weighted by Crippen LogP contribution is 2.22. The molecule has 0 aromatic heterocycles. The minimum Gasteiger partial charge on any atom is -0.481 e. The van der Waals surface area contributed by atoms with E-state index < -0.39 is 16.1 Å². The van der Waals surface area contributed by atoms with Crippen molar-refractivity contribution in [1.82, 2.24) is 0 Å². The first-order valence-corrected chi connectivity index (χ1v) is 11.4. The van der Waals surface area contributed by atoms with Crippen LogP contribution in [-0.2, 0) is 14.8 Å². The summed E-state index contributed by atoms with van der Waals surface area (Å²) in [4.78, 5) is 12.6. The number of amides is 1. The van der Waals surface area contributed by atoms with E-state index in [9.17, 15) is 13.2 Å². The number of hydrogen-bond donors (Lipinski definition) is 2. The van der Waals surface area contributed by atoms with Crippen molar-refractivity contribution < 1.29 is 17.9 Å². The molecule has 1 amide bonds. The molecule has 7 heteroatoms. The van der Waals surface area contributed by atoms with E-state index in [-0.39, 0.29) is 10.8 Å². The number of carbonyl (C=O) groups excluding carboxylic acids is 1. The summed E-state index contributed by atoms with van der Waals surface area (Å²) in [5.41, 5.74) is 3.92. The lowest BCUT2D eigenvalue weighted by Crippen LogP contribution is -2.30. The average Bonchev–Trinajstić information content (AvgIpc) is 2.70. The minimum absolute atomic E-state index is 0.103. The third-order valence-electron chi connectivity index (χ3n) is 4.72. The van der Waals surface area contributed by atoms with Crippen molar-refractivity contribution in [3.05, 3.63) is 83.4 Å². The molecule has 6 nitrogen and oxygen atoms in total. The van der Waals surface area contributed by atoms with Gasteiger partial charge in [0.15, 0.2) is 6.10 Å². The second-order valence-electron chi connectivity index (χ2n) is 7.52. The van der Waals surface area contributed by atoms with Crippen LogP contribution < -0.4 is 14.8 Å². The normalized spacial score (nSPS) is 12.1. The summed E-state index contributed by atoms with van der Waals surface area (Å²) in [6.07, 6.45) is -0.716. The van der Waals surface area contributed by atoms with Crippen molar-refractivity contribution >= 4 is 27.3 Å². The Hall–Kier alpha value is -3.32. The van der Waals surface area contributed by atoms with Crippen LogP contribution in [0.3, 0.4) is 0 Å². The number of sulfonamides is 1. The van der Waals surface area contributed by atoms with Crippen LogP contribution in [0.25, 0.3) is 0 Å². The molecule has 0 unspecified atom stereocenters. The summed E-state index contributed by atoms with van der Waals surface area (Å²) in [6.45, 7) is 7.44. The second-order valence-corrected chi connectivity index (χ2v) is 9.20. The maximum atomic E-state index is 12.6. The molecule has 0 radical (unpaired) electrons. The molecule has 3 aromatic carbocycles. The van der Waals surface area contributed by atoms with Gasteiger partial charge in [-0.15, -0.1) is 0 Å². The fraction of sp³-hybridized carbons (Fsp3) is 0.208. The molecule has 0 spiro atoms. The highest BCUT2D eigenvalue weighted by molar-refractivity contribution is 7.92. The number of carbonyl (C=O) groups is 1. The number of ether oxygens (including phenoxy) is 1. The standard InChI is InChI=1S/C24H26N2O4S/c1-16-6-5-7-21(14-16)26-31(28,29)22-12-10-20(11-13-22)25-24(27)19(4)30-23-15-17(2)8-9-18(23)3/h5-15,19,26H,1-4H3,(H,25,27)/t19-/m0/s1. The van der Waals surface area contributed by atoms with E-state index >= 15 is 0 Å². The number of hydrogen-bond acceptors (Lipinski definition) is 4. The summed E-state index contributed by atoms with van der Waals surface area (Å²) < 4.78 is 33.5. The molecule has 0 bridgehead atoms. The van der Waals surface area contributed by atoms with Gasteiger partial charge >= 0.3 is 0 Å². The van der Waals surface area contributed by atoms with Crippen LogP contribution in [0.15, 0.2) is 71.6 Å². The fourth-order valence-corrected chi connectivity index (χ4v) is 4.01. The molecule has 162 valence electrons. The SMILES string of the molecule is Cc1cccc(NS(=O)(=O)c2ccc(NC(=O)[C@H](C)Oc3cc(C)ccc3C)cc2)c1. The van der Waals surface area contributed by atoms with E-state index in [4.69, 9.17) is 4.74 Å². The number of benzene rings is 3. The summed E-state index contributed by atoms with van der Waals surface area (Å²) >= 11 is 0. The first-order chi connectivity index (χ1) is 14.6. The Morgan fingerprint density at radius 2 is 1.55 bits per heavy atom. The monoisotopic (exact) mass is 438 g/mol. The fourth-order valence-electron chi connectivity index (χ4n) is 2.96. The van der Waals surface area contributed by atoms with Gasteiger partial charge in [0.25, 0.3) is 15.9 Å². The Bertz CT molecular complexity index is 1190. The molecule has 3 aromatic rings. The van der Waals surface area contributed by atoms with Gasteiger partial charge in [-0.3, -0.25) is 9.52 Å². The van der Waals surface area contributed by atoms with Gasteiger partial charge < -0.3 is 10.1 Å². The Kier molecular flexibility index (Phi) is 6.65. The molecule has 2 N–H and O–H groups in total. The molecular weight excluding hydrogens is 412 g/mol. The van der Waals surface area contributed by atoms with Crippen molar-refractivity contribution in [2.45, 2.75) is 38.7 Å². The van der Waals surface area contributed by atoms with Crippen molar-refractivity contribution in [2.24, 2.45) is 0 Å². The van der Waals surface area contributed by atoms with Crippen LogP contribution in [0, 0.1) is 20.8 Å². The van der Waals surface area contributed by atoms with E-state index in [2.05, 4.69) is 10.0 Å². The molecule has 31 heavy (non-hydrogen) atoms. The van der Waals surface area contributed by atoms with Gasteiger partial charge in [0.05, 0.1) is 4.90 Å². The van der Waals surface area contributed by atoms with E-state index in [0.29, 0.717) is 17.1 Å². The van der Waals surface area contributed by atoms with Gasteiger partial charge in [0.2, 0.25) is 0 Å². The van der Waals surface area contributed by atoms with Gasteiger partial charge in [0.1, 0.15) is 5.75 Å². The Balaban J connectivity index is 1.65. The van der Waals surface area contributed by atoms with Gasteiger partial charge in [-0.2, -0.15) is 0 Å². The first-order valence-electron chi connectivity index (χ1n) is 9.88. The molecule has 0 aliphatic carbocycles. The molecule has 0 saturated carbocycles. The van der Waals surface area contributed by atoms with Crippen molar-refractivity contribution in [3.8, 4) is 5.75 Å². The highest BCUT2D eigenvalue weighted by atomic mass is 32.2. The molecule has 0 fully saturated rings. The predicted molar refractivity (Wildman–Crippen MR) is 123 cm³/mol. The number of anilines is 2. The average molecular weight is 439 g/mol. The zero-order valence-electron chi connectivity index (χ0n) is 18.0.